The quantitative estimate of drug-likeness (QED) is 0.675. The minimum atomic E-state index is -3.80. The Hall–Kier alpha value is -2.17. The first-order chi connectivity index (χ1) is 16.8. The van der Waals surface area contributed by atoms with Gasteiger partial charge in [0.1, 0.15) is 5.75 Å². The summed E-state index contributed by atoms with van der Waals surface area (Å²) in [5.41, 5.74) is 1.03. The van der Waals surface area contributed by atoms with Crippen molar-refractivity contribution < 1.29 is 22.7 Å². The Morgan fingerprint density at radius 2 is 1.74 bits per heavy atom. The molecule has 5 rings (SSSR count). The fraction of sp³-hybridized carbons (Fsp3) is 0.680. The Morgan fingerprint density at radius 3 is 2.49 bits per heavy atom. The molecule has 1 aliphatic carbocycles. The fourth-order valence-corrected chi connectivity index (χ4v) is 7.75. The number of rotatable bonds is 4. The van der Waals surface area contributed by atoms with E-state index in [4.69, 9.17) is 4.74 Å². The van der Waals surface area contributed by atoms with Gasteiger partial charge < -0.3 is 15.0 Å². The number of hydrogen-bond acceptors (Lipinski definition) is 6. The summed E-state index contributed by atoms with van der Waals surface area (Å²) in [5.74, 6) is -0.131. The summed E-state index contributed by atoms with van der Waals surface area (Å²) in [4.78, 5) is 29.6. The summed E-state index contributed by atoms with van der Waals surface area (Å²) < 4.78 is 34.0. The molecule has 1 saturated carbocycles. The number of piperidine rings is 1. The third-order valence-electron chi connectivity index (χ3n) is 7.98. The monoisotopic (exact) mass is 504 g/mol. The van der Waals surface area contributed by atoms with Crippen LogP contribution in [0, 0.1) is 12.8 Å². The molecule has 10 heteroatoms. The molecular formula is C25H36N4O5S. The molecule has 1 aromatic carbocycles. The van der Waals surface area contributed by atoms with Crippen LogP contribution in [0.2, 0.25) is 0 Å². The second-order valence-electron chi connectivity index (χ2n) is 10.3. The second-order valence-corrected chi connectivity index (χ2v) is 12.2. The molecule has 3 fully saturated rings. The van der Waals surface area contributed by atoms with Gasteiger partial charge >= 0.3 is 0 Å². The van der Waals surface area contributed by atoms with Crippen LogP contribution in [0.4, 0.5) is 5.69 Å². The summed E-state index contributed by atoms with van der Waals surface area (Å²) in [6.07, 6.45) is 7.86. The first kappa shape index (κ1) is 24.5. The highest BCUT2D eigenvalue weighted by Gasteiger charge is 2.37. The van der Waals surface area contributed by atoms with Crippen molar-refractivity contribution in [2.45, 2.75) is 62.8 Å². The van der Waals surface area contributed by atoms with Crippen LogP contribution in [-0.2, 0) is 19.6 Å². The molecule has 0 bridgehead atoms. The van der Waals surface area contributed by atoms with Gasteiger partial charge in [-0.15, -0.1) is 0 Å². The Labute approximate surface area is 207 Å². The first-order valence-corrected chi connectivity index (χ1v) is 14.4. The van der Waals surface area contributed by atoms with Crippen molar-refractivity contribution >= 4 is 27.5 Å². The third kappa shape index (κ3) is 5.06. The van der Waals surface area contributed by atoms with E-state index in [0.717, 1.165) is 26.2 Å². The molecule has 1 atom stereocenters. The van der Waals surface area contributed by atoms with E-state index < -0.39 is 10.0 Å². The van der Waals surface area contributed by atoms with Crippen molar-refractivity contribution in [3.63, 3.8) is 0 Å². The van der Waals surface area contributed by atoms with Crippen LogP contribution >= 0.6 is 0 Å². The summed E-state index contributed by atoms with van der Waals surface area (Å²) in [5, 5.41) is 2.72. The van der Waals surface area contributed by atoms with Crippen molar-refractivity contribution in [3.8, 4) is 5.75 Å². The van der Waals surface area contributed by atoms with Gasteiger partial charge in [-0.3, -0.25) is 14.5 Å². The lowest BCUT2D eigenvalue weighted by atomic mass is 9.93. The molecule has 1 aromatic rings. The molecule has 0 radical (unpaired) electrons. The maximum Gasteiger partial charge on any atom is 0.262 e. The zero-order valence-corrected chi connectivity index (χ0v) is 21.3. The Morgan fingerprint density at radius 1 is 1.00 bits per heavy atom. The molecule has 2 saturated heterocycles. The van der Waals surface area contributed by atoms with E-state index in [1.165, 1.54) is 42.5 Å². The van der Waals surface area contributed by atoms with E-state index in [1.54, 1.807) is 13.0 Å². The average Bonchev–Trinajstić information content (AvgIpc) is 2.88. The number of ether oxygens (including phenoxy) is 1. The molecule has 9 nitrogen and oxygen atoms in total. The predicted molar refractivity (Wildman–Crippen MR) is 132 cm³/mol. The van der Waals surface area contributed by atoms with Crippen LogP contribution in [0.25, 0.3) is 0 Å². The van der Waals surface area contributed by atoms with Gasteiger partial charge in [0, 0.05) is 51.4 Å². The molecular weight excluding hydrogens is 468 g/mol. The van der Waals surface area contributed by atoms with Crippen LogP contribution in [0.1, 0.15) is 50.5 Å². The number of carbonyl (C=O) groups excluding carboxylic acids is 2. The SMILES string of the molecule is Cc1cc2c(cc1S(=O)(=O)N1CCC[C@H](C(=O)N3CCN(C4CCCCC4)CC3)C1)OCC(=O)N2. The zero-order valence-electron chi connectivity index (χ0n) is 20.5. The molecule has 35 heavy (non-hydrogen) atoms. The van der Waals surface area contributed by atoms with E-state index in [-0.39, 0.29) is 35.8 Å². The number of amides is 2. The van der Waals surface area contributed by atoms with Crippen molar-refractivity contribution in [1.29, 1.82) is 0 Å². The van der Waals surface area contributed by atoms with E-state index in [1.807, 2.05) is 4.90 Å². The van der Waals surface area contributed by atoms with Gasteiger partial charge in [-0.1, -0.05) is 19.3 Å². The average molecular weight is 505 g/mol. The van der Waals surface area contributed by atoms with Gasteiger partial charge in [0.2, 0.25) is 15.9 Å². The van der Waals surface area contributed by atoms with Crippen LogP contribution in [0.15, 0.2) is 17.0 Å². The Kier molecular flexibility index (Phi) is 7.05. The highest BCUT2D eigenvalue weighted by atomic mass is 32.2. The van der Waals surface area contributed by atoms with E-state index in [9.17, 15) is 18.0 Å². The molecule has 3 heterocycles. The number of nitrogens with one attached hydrogen (secondary N) is 1. The number of piperazine rings is 1. The number of benzene rings is 1. The Balaban J connectivity index is 1.24. The topological polar surface area (TPSA) is 99.3 Å². The zero-order chi connectivity index (χ0) is 24.6. The predicted octanol–water partition coefficient (Wildman–Crippen LogP) is 2.20. The number of aryl methyl sites for hydroxylation is 1. The van der Waals surface area contributed by atoms with Crippen molar-refractivity contribution in [2.24, 2.45) is 5.92 Å². The summed E-state index contributed by atoms with van der Waals surface area (Å²) in [6.45, 7) is 5.47. The van der Waals surface area contributed by atoms with Crippen LogP contribution in [-0.4, -0.2) is 86.3 Å². The lowest BCUT2D eigenvalue weighted by molar-refractivity contribution is -0.139. The standard InChI is InChI=1S/C25H36N4O5S/c1-18-14-21-22(34-17-24(30)26-21)15-23(18)35(32,33)29-9-5-6-19(16-29)25(31)28-12-10-27(11-13-28)20-7-3-2-4-8-20/h14-15,19-20H,2-13,16-17H2,1H3,(H,26,30)/t19-/m0/s1. The van der Waals surface area contributed by atoms with Crippen LogP contribution in [0.5, 0.6) is 5.75 Å². The van der Waals surface area contributed by atoms with Gasteiger partial charge in [-0.05, 0) is 44.2 Å². The maximum atomic E-state index is 13.6. The van der Waals surface area contributed by atoms with E-state index >= 15 is 0 Å². The molecule has 0 spiro atoms. The normalized spacial score (nSPS) is 25.0. The fourth-order valence-electron chi connectivity index (χ4n) is 6.01. The van der Waals surface area contributed by atoms with Crippen molar-refractivity contribution in [1.82, 2.24) is 14.1 Å². The molecule has 0 aromatic heterocycles. The number of fused-ring (bicyclic) bond motifs is 1. The lowest BCUT2D eigenvalue weighted by Gasteiger charge is -2.42. The third-order valence-corrected chi connectivity index (χ3v) is 9.99. The van der Waals surface area contributed by atoms with Crippen molar-refractivity contribution in [3.05, 3.63) is 17.7 Å². The highest BCUT2D eigenvalue weighted by Crippen LogP contribution is 2.35. The largest absolute Gasteiger partial charge is 0.482 e. The number of hydrogen-bond donors (Lipinski definition) is 1. The van der Waals surface area contributed by atoms with Gasteiger partial charge in [-0.25, -0.2) is 8.42 Å². The molecule has 192 valence electrons. The maximum absolute atomic E-state index is 13.6. The number of anilines is 1. The van der Waals surface area contributed by atoms with Crippen molar-refractivity contribution in [2.75, 3.05) is 51.2 Å². The summed E-state index contributed by atoms with van der Waals surface area (Å²) in [6, 6.07) is 3.79. The molecule has 4 aliphatic rings. The molecule has 3 aliphatic heterocycles. The van der Waals surface area contributed by atoms with Crippen LogP contribution < -0.4 is 10.1 Å². The number of carbonyl (C=O) groups is 2. The van der Waals surface area contributed by atoms with Gasteiger partial charge in [-0.2, -0.15) is 4.31 Å². The molecule has 1 N–H and O–H groups in total. The second kappa shape index (κ2) is 10.1. The minimum Gasteiger partial charge on any atom is -0.482 e. The van der Waals surface area contributed by atoms with Gasteiger partial charge in [0.05, 0.1) is 16.5 Å². The summed E-state index contributed by atoms with van der Waals surface area (Å²) >= 11 is 0. The van der Waals surface area contributed by atoms with Crippen LogP contribution in [0.3, 0.4) is 0 Å². The van der Waals surface area contributed by atoms with E-state index in [0.29, 0.717) is 42.4 Å². The first-order valence-electron chi connectivity index (χ1n) is 12.9. The minimum absolute atomic E-state index is 0.0846. The highest BCUT2D eigenvalue weighted by molar-refractivity contribution is 7.89. The smallest absolute Gasteiger partial charge is 0.262 e. The summed E-state index contributed by atoms with van der Waals surface area (Å²) in [7, 11) is -3.80. The number of sulfonamides is 1. The lowest BCUT2D eigenvalue weighted by Crippen LogP contribution is -2.55. The van der Waals surface area contributed by atoms with Gasteiger partial charge in [0.25, 0.3) is 5.91 Å². The van der Waals surface area contributed by atoms with E-state index in [2.05, 4.69) is 10.2 Å². The van der Waals surface area contributed by atoms with Gasteiger partial charge in [0.15, 0.2) is 6.61 Å². The number of nitrogens with zero attached hydrogens (tertiary/aromatic N) is 3. The molecule has 0 unspecified atom stereocenters. The molecule has 2 amide bonds. The Bertz CT molecular complexity index is 1080.